The van der Waals surface area contributed by atoms with Crippen LogP contribution in [0.4, 0.5) is 0 Å². The summed E-state index contributed by atoms with van der Waals surface area (Å²) in [6, 6.07) is 0. The van der Waals surface area contributed by atoms with Gasteiger partial charge in [0.2, 0.25) is 11.8 Å². The summed E-state index contributed by atoms with van der Waals surface area (Å²) < 4.78 is 5.99. The van der Waals surface area contributed by atoms with Crippen molar-refractivity contribution in [2.24, 2.45) is 11.3 Å². The predicted molar refractivity (Wildman–Crippen MR) is 143 cm³/mol. The van der Waals surface area contributed by atoms with Crippen LogP contribution in [0.1, 0.15) is 136 Å². The van der Waals surface area contributed by atoms with E-state index >= 15 is 0 Å². The zero-order valence-electron chi connectivity index (χ0n) is 23.5. The third-order valence-corrected chi connectivity index (χ3v) is 8.46. The normalized spacial score (nSPS) is 22.6. The van der Waals surface area contributed by atoms with Gasteiger partial charge in [0.25, 0.3) is 0 Å². The van der Waals surface area contributed by atoms with Crippen LogP contribution in [0.15, 0.2) is 0 Å². The van der Waals surface area contributed by atoms with E-state index in [4.69, 9.17) is 9.84 Å². The maximum absolute atomic E-state index is 13.2. The molecule has 1 aliphatic heterocycles. The second kappa shape index (κ2) is 15.7. The number of rotatable bonds is 18. The maximum atomic E-state index is 13.2. The van der Waals surface area contributed by atoms with E-state index in [0.29, 0.717) is 32.1 Å². The monoisotopic (exact) mass is 529 g/mol. The van der Waals surface area contributed by atoms with Gasteiger partial charge in [-0.25, -0.2) is 4.90 Å². The summed E-state index contributed by atoms with van der Waals surface area (Å²) in [5.41, 5.74) is -0.721. The maximum Gasteiger partial charge on any atom is 0.309 e. The van der Waals surface area contributed by atoms with Crippen LogP contribution >= 0.6 is 0 Å². The number of unbranched alkanes of at least 4 members (excludes halogenated alkanes) is 9. The Morgan fingerprint density at radius 1 is 0.838 bits per heavy atom. The molecule has 5 N–H and O–H groups in total. The van der Waals surface area contributed by atoms with Crippen molar-refractivity contribution in [1.29, 1.82) is 0 Å². The van der Waals surface area contributed by atoms with Crippen LogP contribution in [-0.2, 0) is 9.53 Å². The van der Waals surface area contributed by atoms with E-state index in [0.717, 1.165) is 43.4 Å². The van der Waals surface area contributed by atoms with E-state index in [1.165, 1.54) is 38.5 Å². The molecule has 1 saturated heterocycles. The summed E-state index contributed by atoms with van der Waals surface area (Å²) in [4.78, 5) is 14.1. The van der Waals surface area contributed by atoms with Crippen LogP contribution in [0.25, 0.3) is 0 Å². The van der Waals surface area contributed by atoms with Crippen LogP contribution in [-0.4, -0.2) is 67.5 Å². The molecule has 0 aromatic carbocycles. The minimum atomic E-state index is -2.38. The predicted octanol–water partition coefficient (Wildman–Crippen LogP) is 4.55. The van der Waals surface area contributed by atoms with Crippen molar-refractivity contribution in [2.45, 2.75) is 154 Å². The fraction of sp³-hybridized carbons (Fsp3) is 0.966. The molecule has 2 rings (SSSR count). The number of aliphatic hydroxyl groups excluding tert-OH is 1. The highest BCUT2D eigenvalue weighted by atomic mass is 16.6. The SMILES string of the molecule is CCCCCCCC(CCCCCCC)C(=O)OC1CCC2(C1)CC(O)(O)N(CCCCO)C(O)(O)C2. The number of hydrogen-bond donors (Lipinski definition) is 5. The van der Waals surface area contributed by atoms with E-state index in [9.17, 15) is 25.2 Å². The lowest BCUT2D eigenvalue weighted by molar-refractivity contribution is -0.423. The van der Waals surface area contributed by atoms with E-state index < -0.39 is 17.2 Å². The number of carbonyl (C=O) groups excluding carboxylic acids is 1. The molecular formula is C29H55NO7. The van der Waals surface area contributed by atoms with Crippen LogP contribution < -0.4 is 0 Å². The molecular weight excluding hydrogens is 474 g/mol. The Hall–Kier alpha value is -0.770. The van der Waals surface area contributed by atoms with E-state index in [1.807, 2.05) is 0 Å². The number of likely N-dealkylation sites (tertiary alicyclic amines) is 1. The molecule has 37 heavy (non-hydrogen) atoms. The molecule has 1 heterocycles. The average molecular weight is 530 g/mol. The first-order valence-electron chi connectivity index (χ1n) is 15.1. The van der Waals surface area contributed by atoms with Crippen molar-refractivity contribution < 1.29 is 35.1 Å². The zero-order valence-corrected chi connectivity index (χ0v) is 23.5. The smallest absolute Gasteiger partial charge is 0.309 e. The highest BCUT2D eigenvalue weighted by molar-refractivity contribution is 5.72. The molecule has 0 radical (unpaired) electrons. The Balaban J connectivity index is 1.94. The Morgan fingerprint density at radius 2 is 1.38 bits per heavy atom. The highest BCUT2D eigenvalue weighted by Crippen LogP contribution is 2.54. The topological polar surface area (TPSA) is 131 Å². The van der Waals surface area contributed by atoms with E-state index in [1.54, 1.807) is 0 Å². The lowest BCUT2D eigenvalue weighted by atomic mass is 9.73. The van der Waals surface area contributed by atoms with Gasteiger partial charge >= 0.3 is 5.97 Å². The summed E-state index contributed by atoms with van der Waals surface area (Å²) >= 11 is 0. The first-order chi connectivity index (χ1) is 17.6. The molecule has 0 aromatic rings. The van der Waals surface area contributed by atoms with Gasteiger partial charge in [-0.3, -0.25) is 4.79 Å². The van der Waals surface area contributed by atoms with Crippen molar-refractivity contribution in [1.82, 2.24) is 4.90 Å². The minimum absolute atomic E-state index is 0.0334. The van der Waals surface area contributed by atoms with E-state index in [2.05, 4.69) is 13.8 Å². The molecule has 2 fully saturated rings. The van der Waals surface area contributed by atoms with E-state index in [-0.39, 0.29) is 44.0 Å². The van der Waals surface area contributed by atoms with Crippen molar-refractivity contribution in [3.05, 3.63) is 0 Å². The van der Waals surface area contributed by atoms with Gasteiger partial charge in [-0.2, -0.15) is 0 Å². The summed E-state index contributed by atoms with van der Waals surface area (Å²) in [6.45, 7) is 4.40. The number of esters is 1. The third-order valence-electron chi connectivity index (χ3n) is 8.46. The van der Waals surface area contributed by atoms with Crippen molar-refractivity contribution in [2.75, 3.05) is 13.2 Å². The standard InChI is InChI=1S/C29H55NO7/c1-3-5-7-9-11-15-24(16-12-10-8-6-4-2)26(32)37-25-17-18-27(21-25)22-28(33,34)30(19-13-14-20-31)29(35,36)23-27/h24-25,31,33-36H,3-23H2,1-2H3. The number of hydrogen-bond acceptors (Lipinski definition) is 8. The van der Waals surface area contributed by atoms with Gasteiger partial charge in [0, 0.05) is 26.0 Å². The molecule has 0 bridgehead atoms. The zero-order chi connectivity index (χ0) is 27.4. The quantitative estimate of drug-likeness (QED) is 0.0993. The Kier molecular flexibility index (Phi) is 13.8. The molecule has 8 heteroatoms. The van der Waals surface area contributed by atoms with Gasteiger partial charge in [0.05, 0.1) is 5.92 Å². The molecule has 1 unspecified atom stereocenters. The molecule has 8 nitrogen and oxygen atoms in total. The largest absolute Gasteiger partial charge is 0.462 e. The molecule has 0 aromatic heterocycles. The molecule has 1 saturated carbocycles. The van der Waals surface area contributed by atoms with Crippen LogP contribution in [0.3, 0.4) is 0 Å². The molecule has 0 amide bonds. The molecule has 1 spiro atoms. The summed E-state index contributed by atoms with van der Waals surface area (Å²) in [5, 5.41) is 52.1. The Bertz CT molecular complexity index is 622. The second-order valence-electron chi connectivity index (χ2n) is 11.9. The van der Waals surface area contributed by atoms with Gasteiger partial charge in [-0.1, -0.05) is 78.1 Å². The number of piperidine rings is 1. The van der Waals surface area contributed by atoms with Gasteiger partial charge in [0.15, 0.2) is 0 Å². The summed E-state index contributed by atoms with van der Waals surface area (Å²) in [5.74, 6) is -5.00. The molecule has 1 atom stereocenters. The summed E-state index contributed by atoms with van der Waals surface area (Å²) in [6.07, 6.45) is 15.2. The second-order valence-corrected chi connectivity index (χ2v) is 11.9. The van der Waals surface area contributed by atoms with Crippen LogP contribution in [0.5, 0.6) is 0 Å². The first kappa shape index (κ1) is 32.4. The van der Waals surface area contributed by atoms with Crippen molar-refractivity contribution in [3.63, 3.8) is 0 Å². The van der Waals surface area contributed by atoms with Crippen molar-refractivity contribution >= 4 is 5.97 Å². The first-order valence-corrected chi connectivity index (χ1v) is 15.1. The Morgan fingerprint density at radius 3 is 1.89 bits per heavy atom. The third kappa shape index (κ3) is 10.4. The fourth-order valence-electron chi connectivity index (χ4n) is 6.49. The fourth-order valence-corrected chi connectivity index (χ4v) is 6.49. The molecule has 2 aliphatic rings. The number of ether oxygens (including phenoxy) is 1. The number of carbonyl (C=O) groups is 1. The average Bonchev–Trinajstić information content (AvgIpc) is 3.18. The van der Waals surface area contributed by atoms with Gasteiger partial charge < -0.3 is 30.3 Å². The highest BCUT2D eigenvalue weighted by Gasteiger charge is 2.60. The lowest BCUT2D eigenvalue weighted by Gasteiger charge is -2.53. The molecule has 218 valence electrons. The van der Waals surface area contributed by atoms with Gasteiger partial charge in [-0.05, 0) is 50.4 Å². The number of aliphatic hydroxyl groups is 5. The molecule has 1 aliphatic carbocycles. The minimum Gasteiger partial charge on any atom is -0.462 e. The number of nitrogens with zero attached hydrogens (tertiary/aromatic N) is 1. The van der Waals surface area contributed by atoms with Crippen molar-refractivity contribution in [3.8, 4) is 0 Å². The van der Waals surface area contributed by atoms with Crippen LogP contribution in [0.2, 0.25) is 0 Å². The Labute approximate surface area is 224 Å². The lowest BCUT2D eigenvalue weighted by Crippen LogP contribution is -2.68. The summed E-state index contributed by atoms with van der Waals surface area (Å²) in [7, 11) is 0. The van der Waals surface area contributed by atoms with Gasteiger partial charge in [-0.15, -0.1) is 0 Å². The van der Waals surface area contributed by atoms with Crippen LogP contribution in [0, 0.1) is 11.3 Å². The van der Waals surface area contributed by atoms with Gasteiger partial charge in [0.1, 0.15) is 6.10 Å².